The fourth-order valence-electron chi connectivity index (χ4n) is 2.60. The third-order valence-electron chi connectivity index (χ3n) is 3.57. The van der Waals surface area contributed by atoms with E-state index in [0.717, 1.165) is 22.4 Å². The second-order valence-corrected chi connectivity index (χ2v) is 4.83. The van der Waals surface area contributed by atoms with Crippen molar-refractivity contribution >= 4 is 16.7 Å². The monoisotopic (exact) mass is 262 g/mol. The Balaban J connectivity index is 1.97. The minimum absolute atomic E-state index is 0.0835. The van der Waals surface area contributed by atoms with Crippen molar-refractivity contribution in [2.45, 2.75) is 19.1 Å². The SMILES string of the molecule is CO[C@@H]1COC[C@@H]1Nc1ccnc2c1c(C)nn2C. The Kier molecular flexibility index (Phi) is 3.12. The first kappa shape index (κ1) is 12.4. The minimum Gasteiger partial charge on any atom is -0.377 e. The Labute approximate surface area is 111 Å². The van der Waals surface area contributed by atoms with Gasteiger partial charge in [-0.15, -0.1) is 0 Å². The smallest absolute Gasteiger partial charge is 0.159 e. The van der Waals surface area contributed by atoms with Gasteiger partial charge in [-0.3, -0.25) is 4.68 Å². The number of hydrogen-bond acceptors (Lipinski definition) is 5. The maximum atomic E-state index is 5.46. The fraction of sp³-hybridized carbons (Fsp3) is 0.538. The lowest BCUT2D eigenvalue weighted by Gasteiger charge is -2.19. The average molecular weight is 262 g/mol. The van der Waals surface area contributed by atoms with Crippen LogP contribution in [-0.2, 0) is 16.5 Å². The molecule has 0 aliphatic carbocycles. The number of pyridine rings is 1. The van der Waals surface area contributed by atoms with Gasteiger partial charge in [0.15, 0.2) is 5.65 Å². The molecular formula is C13H18N4O2. The van der Waals surface area contributed by atoms with Crippen LogP contribution >= 0.6 is 0 Å². The maximum Gasteiger partial charge on any atom is 0.159 e. The number of fused-ring (bicyclic) bond motifs is 1. The lowest BCUT2D eigenvalue weighted by atomic mass is 10.1. The first-order valence-electron chi connectivity index (χ1n) is 6.36. The summed E-state index contributed by atoms with van der Waals surface area (Å²) in [4.78, 5) is 4.37. The Morgan fingerprint density at radius 2 is 2.32 bits per heavy atom. The molecule has 0 bridgehead atoms. The van der Waals surface area contributed by atoms with Crippen LogP contribution in [0.4, 0.5) is 5.69 Å². The van der Waals surface area contributed by atoms with Gasteiger partial charge in [0.1, 0.15) is 6.10 Å². The second-order valence-electron chi connectivity index (χ2n) is 4.83. The van der Waals surface area contributed by atoms with Crippen LogP contribution in [0, 0.1) is 6.92 Å². The number of aromatic nitrogens is 3. The largest absolute Gasteiger partial charge is 0.377 e. The van der Waals surface area contributed by atoms with E-state index in [1.807, 2.05) is 20.0 Å². The maximum absolute atomic E-state index is 5.46. The zero-order chi connectivity index (χ0) is 13.4. The molecule has 0 saturated carbocycles. The number of nitrogens with one attached hydrogen (secondary N) is 1. The Morgan fingerprint density at radius 1 is 1.47 bits per heavy atom. The topological polar surface area (TPSA) is 61.2 Å². The van der Waals surface area contributed by atoms with Crippen LogP contribution in [0.2, 0.25) is 0 Å². The van der Waals surface area contributed by atoms with E-state index in [4.69, 9.17) is 9.47 Å². The summed E-state index contributed by atoms with van der Waals surface area (Å²) in [6.07, 6.45) is 1.88. The molecule has 2 aromatic rings. The molecule has 0 unspecified atom stereocenters. The van der Waals surface area contributed by atoms with Crippen LogP contribution in [0.5, 0.6) is 0 Å². The number of hydrogen-bond donors (Lipinski definition) is 1. The molecule has 102 valence electrons. The van der Waals surface area contributed by atoms with Gasteiger partial charge in [-0.1, -0.05) is 0 Å². The molecule has 1 saturated heterocycles. The Hall–Kier alpha value is -1.66. The minimum atomic E-state index is 0.0835. The lowest BCUT2D eigenvalue weighted by Crippen LogP contribution is -2.33. The third-order valence-corrected chi connectivity index (χ3v) is 3.57. The zero-order valence-corrected chi connectivity index (χ0v) is 11.4. The van der Waals surface area contributed by atoms with Crippen molar-refractivity contribution in [2.24, 2.45) is 7.05 Å². The number of ether oxygens (including phenoxy) is 2. The van der Waals surface area contributed by atoms with Gasteiger partial charge in [-0.25, -0.2) is 4.98 Å². The van der Waals surface area contributed by atoms with Crippen LogP contribution in [0.15, 0.2) is 12.3 Å². The van der Waals surface area contributed by atoms with Crippen molar-refractivity contribution in [2.75, 3.05) is 25.6 Å². The molecule has 1 N–H and O–H groups in total. The molecule has 6 heteroatoms. The molecule has 2 atom stereocenters. The van der Waals surface area contributed by atoms with E-state index in [-0.39, 0.29) is 12.1 Å². The number of anilines is 1. The molecule has 1 fully saturated rings. The van der Waals surface area contributed by atoms with Crippen molar-refractivity contribution < 1.29 is 9.47 Å². The van der Waals surface area contributed by atoms with Crippen molar-refractivity contribution in [3.63, 3.8) is 0 Å². The molecule has 0 amide bonds. The van der Waals surface area contributed by atoms with Crippen molar-refractivity contribution in [3.05, 3.63) is 18.0 Å². The Bertz CT molecular complexity index is 596. The lowest BCUT2D eigenvalue weighted by molar-refractivity contribution is 0.0795. The molecule has 3 rings (SSSR count). The van der Waals surface area contributed by atoms with E-state index in [0.29, 0.717) is 13.2 Å². The highest BCUT2D eigenvalue weighted by Gasteiger charge is 2.28. The van der Waals surface area contributed by atoms with E-state index < -0.39 is 0 Å². The quantitative estimate of drug-likeness (QED) is 0.897. The zero-order valence-electron chi connectivity index (χ0n) is 11.4. The molecule has 19 heavy (non-hydrogen) atoms. The molecule has 1 aliphatic rings. The van der Waals surface area contributed by atoms with Gasteiger partial charge in [0.2, 0.25) is 0 Å². The van der Waals surface area contributed by atoms with Crippen molar-refractivity contribution in [1.29, 1.82) is 0 Å². The average Bonchev–Trinajstić information content (AvgIpc) is 2.96. The van der Waals surface area contributed by atoms with Gasteiger partial charge in [-0.2, -0.15) is 5.10 Å². The number of rotatable bonds is 3. The molecule has 1 aliphatic heterocycles. The van der Waals surface area contributed by atoms with E-state index in [9.17, 15) is 0 Å². The standard InChI is InChI=1S/C13H18N4O2/c1-8-12-9(4-5-14-13(12)17(2)16-8)15-10-6-19-7-11(10)18-3/h4-5,10-11H,6-7H2,1-3H3,(H,14,15)/t10-,11+/m0/s1. The van der Waals surface area contributed by atoms with Crippen LogP contribution in [0.25, 0.3) is 11.0 Å². The molecule has 0 radical (unpaired) electrons. The van der Waals surface area contributed by atoms with Gasteiger partial charge in [-0.05, 0) is 13.0 Å². The van der Waals surface area contributed by atoms with Crippen LogP contribution < -0.4 is 5.32 Å². The number of aryl methyl sites for hydroxylation is 2. The summed E-state index contributed by atoms with van der Waals surface area (Å²) < 4.78 is 12.7. The number of nitrogens with zero attached hydrogens (tertiary/aromatic N) is 3. The van der Waals surface area contributed by atoms with Gasteiger partial charge < -0.3 is 14.8 Å². The highest BCUT2D eigenvalue weighted by Crippen LogP contribution is 2.26. The summed E-state index contributed by atoms with van der Waals surface area (Å²) in [6, 6.07) is 2.14. The first-order chi connectivity index (χ1) is 9.20. The van der Waals surface area contributed by atoms with E-state index in [1.165, 1.54) is 0 Å². The van der Waals surface area contributed by atoms with E-state index in [1.54, 1.807) is 18.0 Å². The van der Waals surface area contributed by atoms with Gasteiger partial charge in [0.25, 0.3) is 0 Å². The van der Waals surface area contributed by atoms with Crippen LogP contribution in [0.3, 0.4) is 0 Å². The van der Waals surface area contributed by atoms with Gasteiger partial charge >= 0.3 is 0 Å². The van der Waals surface area contributed by atoms with Crippen molar-refractivity contribution in [3.8, 4) is 0 Å². The van der Waals surface area contributed by atoms with Crippen LogP contribution in [-0.4, -0.2) is 47.2 Å². The summed E-state index contributed by atoms with van der Waals surface area (Å²) in [6.45, 7) is 3.28. The molecular weight excluding hydrogens is 244 g/mol. The molecule has 0 spiro atoms. The number of methoxy groups -OCH3 is 1. The molecule has 0 aromatic carbocycles. The van der Waals surface area contributed by atoms with Gasteiger partial charge in [0, 0.05) is 26.0 Å². The first-order valence-corrected chi connectivity index (χ1v) is 6.36. The van der Waals surface area contributed by atoms with Gasteiger partial charge in [0.05, 0.1) is 30.3 Å². The molecule has 2 aromatic heterocycles. The summed E-state index contributed by atoms with van der Waals surface area (Å²) in [7, 11) is 3.62. The second kappa shape index (κ2) is 4.79. The highest BCUT2D eigenvalue weighted by atomic mass is 16.5. The third kappa shape index (κ3) is 2.06. The normalized spacial score (nSPS) is 23.1. The molecule has 6 nitrogen and oxygen atoms in total. The summed E-state index contributed by atoms with van der Waals surface area (Å²) in [5.41, 5.74) is 2.89. The predicted octanol–water partition coefficient (Wildman–Crippen LogP) is 1.10. The summed E-state index contributed by atoms with van der Waals surface area (Å²) in [5, 5.41) is 8.97. The summed E-state index contributed by atoms with van der Waals surface area (Å²) >= 11 is 0. The van der Waals surface area contributed by atoms with Crippen LogP contribution in [0.1, 0.15) is 5.69 Å². The summed E-state index contributed by atoms with van der Waals surface area (Å²) in [5.74, 6) is 0. The van der Waals surface area contributed by atoms with E-state index in [2.05, 4.69) is 15.4 Å². The predicted molar refractivity (Wildman–Crippen MR) is 72.3 cm³/mol. The Morgan fingerprint density at radius 3 is 3.11 bits per heavy atom. The fourth-order valence-corrected chi connectivity index (χ4v) is 2.60. The van der Waals surface area contributed by atoms with Crippen molar-refractivity contribution in [1.82, 2.24) is 14.8 Å². The highest BCUT2D eigenvalue weighted by molar-refractivity contribution is 5.91. The molecule has 3 heterocycles. The van der Waals surface area contributed by atoms with E-state index >= 15 is 0 Å².